The zero-order chi connectivity index (χ0) is 20.5. The summed E-state index contributed by atoms with van der Waals surface area (Å²) in [6, 6.07) is 6.15. The maximum absolute atomic E-state index is 12.5. The Hall–Kier alpha value is -1.34. The molecule has 0 fully saturated rings. The van der Waals surface area contributed by atoms with Crippen LogP contribution in [0.2, 0.25) is 0 Å². The summed E-state index contributed by atoms with van der Waals surface area (Å²) >= 11 is 0. The van der Waals surface area contributed by atoms with E-state index in [1.54, 1.807) is 26.0 Å². The van der Waals surface area contributed by atoms with Gasteiger partial charge in [-0.15, -0.1) is 0 Å². The fourth-order valence-electron chi connectivity index (χ4n) is 2.60. The Kier molecular flexibility index (Phi) is 9.53. The van der Waals surface area contributed by atoms with Crippen LogP contribution in [0.25, 0.3) is 0 Å². The highest BCUT2D eigenvalue weighted by atomic mass is 32.2. The van der Waals surface area contributed by atoms with Crippen LogP contribution in [0.5, 0.6) is 0 Å². The molecule has 2 unspecified atom stereocenters. The third-order valence-corrected chi connectivity index (χ3v) is 6.13. The van der Waals surface area contributed by atoms with Crippen LogP contribution in [0.4, 0.5) is 0 Å². The molecule has 0 N–H and O–H groups in total. The number of carbonyl (C=O) groups is 1. The normalized spacial score (nSPS) is 15.3. The summed E-state index contributed by atoms with van der Waals surface area (Å²) in [5, 5.41) is -1.64. The zero-order valence-electron chi connectivity index (χ0n) is 16.1. The predicted octanol–water partition coefficient (Wildman–Crippen LogP) is 3.70. The van der Waals surface area contributed by atoms with Gasteiger partial charge in [0.05, 0.1) is 17.4 Å². The van der Waals surface area contributed by atoms with E-state index in [1.807, 2.05) is 13.8 Å². The Morgan fingerprint density at radius 2 is 1.78 bits per heavy atom. The molecule has 0 bridgehead atoms. The molecule has 0 spiro atoms. The summed E-state index contributed by atoms with van der Waals surface area (Å²) in [7, 11) is -4.64. The first-order chi connectivity index (χ1) is 12.8. The number of hydrogen-bond acceptors (Lipinski definition) is 7. The van der Waals surface area contributed by atoms with Gasteiger partial charge in [0.1, 0.15) is 6.61 Å². The van der Waals surface area contributed by atoms with Crippen LogP contribution in [0.15, 0.2) is 29.2 Å². The van der Waals surface area contributed by atoms with Gasteiger partial charge in [-0.2, -0.15) is 8.42 Å². The lowest BCUT2D eigenvalue weighted by Gasteiger charge is -2.32. The molecule has 0 aromatic heterocycles. The van der Waals surface area contributed by atoms with E-state index in [-0.39, 0.29) is 18.1 Å². The van der Waals surface area contributed by atoms with Gasteiger partial charge in [0, 0.05) is 6.61 Å². The highest BCUT2D eigenvalue weighted by Crippen LogP contribution is 2.38. The number of hydrogen-bond donors (Lipinski definition) is 0. The number of aryl methyl sites for hydroxylation is 1. The molecular formula is C18H27O7PS. The topological polar surface area (TPSA) is 96.0 Å². The molecule has 1 aromatic rings. The van der Waals surface area contributed by atoms with E-state index < -0.39 is 42.4 Å². The van der Waals surface area contributed by atoms with Crippen molar-refractivity contribution < 1.29 is 31.4 Å². The summed E-state index contributed by atoms with van der Waals surface area (Å²) in [6.07, 6.45) is 0.917. The fraction of sp³-hybridized carbons (Fsp3) is 0.611. The molecule has 0 saturated carbocycles. The highest BCUT2D eigenvalue weighted by Gasteiger charge is 2.47. The Morgan fingerprint density at radius 3 is 2.26 bits per heavy atom. The van der Waals surface area contributed by atoms with Crippen molar-refractivity contribution in [2.24, 2.45) is 5.92 Å². The van der Waals surface area contributed by atoms with E-state index in [1.165, 1.54) is 12.1 Å². The third-order valence-electron chi connectivity index (χ3n) is 3.97. The van der Waals surface area contributed by atoms with Gasteiger partial charge in [-0.3, -0.25) is 13.5 Å². The molecule has 2 atom stereocenters. The van der Waals surface area contributed by atoms with Crippen molar-refractivity contribution in [1.82, 2.24) is 0 Å². The Bertz CT molecular complexity index is 718. The van der Waals surface area contributed by atoms with Gasteiger partial charge in [-0.25, -0.2) is 0 Å². The summed E-state index contributed by atoms with van der Waals surface area (Å²) < 4.78 is 52.8. The standard InChI is InChI=1S/C18H27O7PS/c1-5-8-16(17(19)23-6-2)18(26-20,24-7-3)13-25-27(21,22)15-11-9-14(4)10-12-15/h9-12,16H,5-8,13H2,1-4H3. The predicted molar refractivity (Wildman–Crippen MR) is 101 cm³/mol. The van der Waals surface area contributed by atoms with Crippen molar-refractivity contribution >= 4 is 24.5 Å². The van der Waals surface area contributed by atoms with Crippen molar-refractivity contribution in [3.8, 4) is 0 Å². The molecule has 7 nitrogen and oxygen atoms in total. The van der Waals surface area contributed by atoms with Gasteiger partial charge in [0.2, 0.25) is 0 Å². The number of benzene rings is 1. The highest BCUT2D eigenvalue weighted by molar-refractivity contribution is 7.86. The summed E-state index contributed by atoms with van der Waals surface area (Å²) in [4.78, 5) is 12.4. The largest absolute Gasteiger partial charge is 0.466 e. The van der Waals surface area contributed by atoms with Crippen LogP contribution in [0.1, 0.15) is 39.2 Å². The zero-order valence-corrected chi connectivity index (χ0v) is 17.8. The summed E-state index contributed by atoms with van der Waals surface area (Å²) in [5.41, 5.74) is 0.904. The number of carbonyl (C=O) groups excluding carboxylic acids is 1. The first-order valence-electron chi connectivity index (χ1n) is 8.87. The molecule has 27 heavy (non-hydrogen) atoms. The maximum atomic E-state index is 12.5. The molecule has 0 aliphatic heterocycles. The van der Waals surface area contributed by atoms with Gasteiger partial charge < -0.3 is 9.47 Å². The first kappa shape index (κ1) is 23.7. The van der Waals surface area contributed by atoms with Crippen LogP contribution in [-0.4, -0.2) is 39.5 Å². The molecular weight excluding hydrogens is 391 g/mol. The molecule has 0 aliphatic carbocycles. The van der Waals surface area contributed by atoms with Crippen molar-refractivity contribution in [3.63, 3.8) is 0 Å². The summed E-state index contributed by atoms with van der Waals surface area (Å²) in [5.74, 6) is -1.51. The van der Waals surface area contributed by atoms with Gasteiger partial charge >= 0.3 is 5.97 Å². The van der Waals surface area contributed by atoms with Crippen LogP contribution in [0, 0.1) is 12.8 Å². The maximum Gasteiger partial charge on any atom is 0.312 e. The Labute approximate surface area is 162 Å². The van der Waals surface area contributed by atoms with Crippen molar-refractivity contribution in [2.45, 2.75) is 50.8 Å². The van der Waals surface area contributed by atoms with Gasteiger partial charge in [-0.1, -0.05) is 31.0 Å². The second kappa shape index (κ2) is 10.9. The van der Waals surface area contributed by atoms with Crippen LogP contribution in [-0.2, 0) is 33.1 Å². The average molecular weight is 418 g/mol. The molecule has 1 aromatic carbocycles. The lowest BCUT2D eigenvalue weighted by molar-refractivity contribution is -0.158. The lowest BCUT2D eigenvalue weighted by Crippen LogP contribution is -2.45. The second-order valence-corrected chi connectivity index (χ2v) is 8.55. The molecule has 0 amide bonds. The van der Waals surface area contributed by atoms with E-state index in [0.717, 1.165) is 5.56 Å². The molecule has 152 valence electrons. The van der Waals surface area contributed by atoms with Crippen molar-refractivity contribution in [1.29, 1.82) is 0 Å². The number of rotatable bonds is 12. The van der Waals surface area contributed by atoms with E-state index in [4.69, 9.17) is 13.7 Å². The minimum atomic E-state index is -4.10. The number of ether oxygens (including phenoxy) is 2. The minimum absolute atomic E-state index is 0.0239. The average Bonchev–Trinajstić information content (AvgIpc) is 2.64. The number of esters is 1. The van der Waals surface area contributed by atoms with Crippen LogP contribution >= 0.6 is 8.46 Å². The summed E-state index contributed by atoms with van der Waals surface area (Å²) in [6.45, 7) is 6.74. The quantitative estimate of drug-likeness (QED) is 0.290. The Balaban J connectivity index is 3.15. The molecule has 0 aliphatic rings. The van der Waals surface area contributed by atoms with Gasteiger partial charge in [-0.05, 0) is 39.3 Å². The monoisotopic (exact) mass is 418 g/mol. The molecule has 0 radical (unpaired) electrons. The minimum Gasteiger partial charge on any atom is -0.466 e. The lowest BCUT2D eigenvalue weighted by atomic mass is 9.96. The SMILES string of the molecule is CCCC(C(=O)OCC)C(COS(=O)(=O)c1ccc(C)cc1)(OCC)P=O. The van der Waals surface area contributed by atoms with Gasteiger partial charge in [0.25, 0.3) is 10.1 Å². The smallest absolute Gasteiger partial charge is 0.312 e. The molecule has 0 saturated heterocycles. The molecule has 1 rings (SSSR count). The van der Waals surface area contributed by atoms with E-state index in [0.29, 0.717) is 12.8 Å². The van der Waals surface area contributed by atoms with Crippen molar-refractivity contribution in [2.75, 3.05) is 19.8 Å². The van der Waals surface area contributed by atoms with Crippen LogP contribution < -0.4 is 0 Å². The molecule has 9 heteroatoms. The Morgan fingerprint density at radius 1 is 1.15 bits per heavy atom. The van der Waals surface area contributed by atoms with E-state index >= 15 is 0 Å². The van der Waals surface area contributed by atoms with Crippen LogP contribution in [0.3, 0.4) is 0 Å². The first-order valence-corrected chi connectivity index (χ1v) is 11.1. The third kappa shape index (κ3) is 6.35. The second-order valence-electron chi connectivity index (χ2n) is 5.99. The fourth-order valence-corrected chi connectivity index (χ4v) is 4.29. The van der Waals surface area contributed by atoms with E-state index in [2.05, 4.69) is 0 Å². The van der Waals surface area contributed by atoms with Crippen molar-refractivity contribution in [3.05, 3.63) is 29.8 Å². The van der Waals surface area contributed by atoms with E-state index in [9.17, 15) is 17.8 Å². The molecule has 0 heterocycles. The van der Waals surface area contributed by atoms with Gasteiger partial charge in [0.15, 0.2) is 13.8 Å².